The molecule has 2 N–H and O–H groups in total. The lowest BCUT2D eigenvalue weighted by Gasteiger charge is -2.15. The molecule has 1 heterocycles. The van der Waals surface area contributed by atoms with Gasteiger partial charge in [-0.15, -0.1) is 11.3 Å². The first-order valence-corrected chi connectivity index (χ1v) is 7.69. The summed E-state index contributed by atoms with van der Waals surface area (Å²) < 4.78 is 10.8. The second kappa shape index (κ2) is 6.97. The zero-order valence-electron chi connectivity index (χ0n) is 11.6. The molecule has 1 aromatic carbocycles. The van der Waals surface area contributed by atoms with E-state index in [1.54, 1.807) is 18.4 Å². The number of nitrogens with two attached hydrogens (primary N) is 1. The van der Waals surface area contributed by atoms with Crippen LogP contribution < -0.4 is 15.2 Å². The van der Waals surface area contributed by atoms with Gasteiger partial charge >= 0.3 is 0 Å². The van der Waals surface area contributed by atoms with Crippen molar-refractivity contribution in [1.82, 2.24) is 0 Å². The summed E-state index contributed by atoms with van der Waals surface area (Å²) in [6.07, 6.45) is 0.711. The Morgan fingerprint density at radius 2 is 2.20 bits per heavy atom. The zero-order valence-corrected chi connectivity index (χ0v) is 13.1. The van der Waals surface area contributed by atoms with Crippen LogP contribution in [0.25, 0.3) is 0 Å². The van der Waals surface area contributed by atoms with E-state index in [0.29, 0.717) is 29.5 Å². The van der Waals surface area contributed by atoms with E-state index in [4.69, 9.17) is 26.8 Å². The Balaban J connectivity index is 2.22. The summed E-state index contributed by atoms with van der Waals surface area (Å²) in [6, 6.07) is 7.84. The first kappa shape index (κ1) is 15.2. The average Bonchev–Trinajstić information content (AvgIpc) is 2.95. The minimum atomic E-state index is -0.0336. The molecule has 2 aromatic rings. The normalized spacial score (nSPS) is 12.2. The van der Waals surface area contributed by atoms with Crippen molar-refractivity contribution in [3.63, 3.8) is 0 Å². The molecule has 0 spiro atoms. The van der Waals surface area contributed by atoms with Gasteiger partial charge in [-0.2, -0.15) is 0 Å². The maximum atomic E-state index is 6.26. The molecule has 0 aliphatic rings. The molecule has 108 valence electrons. The quantitative estimate of drug-likeness (QED) is 0.875. The summed E-state index contributed by atoms with van der Waals surface area (Å²) >= 11 is 7.92. The molecular weight excluding hydrogens is 294 g/mol. The molecule has 0 bridgehead atoms. The Morgan fingerprint density at radius 3 is 2.80 bits per heavy atom. The fraction of sp³-hybridized carbons (Fsp3) is 0.333. The van der Waals surface area contributed by atoms with E-state index < -0.39 is 0 Å². The highest BCUT2D eigenvalue weighted by Crippen LogP contribution is 2.37. The monoisotopic (exact) mass is 311 g/mol. The van der Waals surface area contributed by atoms with Gasteiger partial charge in [0.05, 0.1) is 18.7 Å². The standard InChI is InChI=1S/C15H18ClNO2S/c1-3-19-15-11(16)7-10(9-13(15)18-2)8-12(17)14-5-4-6-20-14/h4-7,9,12H,3,8,17H2,1-2H3. The number of thiophene rings is 1. The van der Waals surface area contributed by atoms with E-state index in [2.05, 4.69) is 0 Å². The van der Waals surface area contributed by atoms with Crippen LogP contribution in [0.4, 0.5) is 0 Å². The highest BCUT2D eigenvalue weighted by molar-refractivity contribution is 7.10. The number of hydrogen-bond acceptors (Lipinski definition) is 4. The number of ether oxygens (including phenoxy) is 2. The Hall–Kier alpha value is -1.23. The van der Waals surface area contributed by atoms with E-state index >= 15 is 0 Å². The molecule has 20 heavy (non-hydrogen) atoms. The maximum Gasteiger partial charge on any atom is 0.179 e. The van der Waals surface area contributed by atoms with E-state index in [0.717, 1.165) is 10.4 Å². The summed E-state index contributed by atoms with van der Waals surface area (Å²) in [5.41, 5.74) is 7.24. The second-order valence-electron chi connectivity index (χ2n) is 4.37. The molecule has 0 saturated carbocycles. The van der Waals surface area contributed by atoms with Crippen LogP contribution in [0.1, 0.15) is 23.4 Å². The lowest BCUT2D eigenvalue weighted by atomic mass is 10.0. The maximum absolute atomic E-state index is 6.26. The predicted octanol–water partition coefficient (Wildman–Crippen LogP) is 4.05. The second-order valence-corrected chi connectivity index (χ2v) is 5.75. The third-order valence-electron chi connectivity index (χ3n) is 2.94. The lowest BCUT2D eigenvalue weighted by Crippen LogP contribution is -2.12. The van der Waals surface area contributed by atoms with E-state index in [1.165, 1.54) is 0 Å². The van der Waals surface area contributed by atoms with Crippen LogP contribution in [0.15, 0.2) is 29.6 Å². The van der Waals surface area contributed by atoms with Crippen LogP contribution in [0.3, 0.4) is 0 Å². The van der Waals surface area contributed by atoms with Crippen molar-refractivity contribution in [3.8, 4) is 11.5 Å². The van der Waals surface area contributed by atoms with Crippen LogP contribution in [0.2, 0.25) is 5.02 Å². The van der Waals surface area contributed by atoms with Crippen molar-refractivity contribution in [1.29, 1.82) is 0 Å². The predicted molar refractivity (Wildman–Crippen MR) is 84.1 cm³/mol. The minimum Gasteiger partial charge on any atom is -0.493 e. The number of rotatable bonds is 6. The third kappa shape index (κ3) is 3.45. The number of benzene rings is 1. The Morgan fingerprint density at radius 1 is 1.40 bits per heavy atom. The molecule has 0 radical (unpaired) electrons. The van der Waals surface area contributed by atoms with Gasteiger partial charge in [-0.1, -0.05) is 17.7 Å². The van der Waals surface area contributed by atoms with Crippen LogP contribution in [-0.4, -0.2) is 13.7 Å². The molecule has 1 aromatic heterocycles. The van der Waals surface area contributed by atoms with Gasteiger partial charge in [-0.3, -0.25) is 0 Å². The third-order valence-corrected chi connectivity index (χ3v) is 4.23. The van der Waals surface area contributed by atoms with Crippen molar-refractivity contribution in [2.75, 3.05) is 13.7 Å². The Kier molecular flexibility index (Phi) is 5.29. The fourth-order valence-corrected chi connectivity index (χ4v) is 3.05. The van der Waals surface area contributed by atoms with E-state index in [1.807, 2.05) is 36.6 Å². The summed E-state index contributed by atoms with van der Waals surface area (Å²) in [5, 5.41) is 2.58. The molecular formula is C15H18ClNO2S. The zero-order chi connectivity index (χ0) is 14.5. The van der Waals surface area contributed by atoms with Gasteiger partial charge < -0.3 is 15.2 Å². The van der Waals surface area contributed by atoms with Gasteiger partial charge in [-0.05, 0) is 42.5 Å². The van der Waals surface area contributed by atoms with Gasteiger partial charge in [0.1, 0.15) is 0 Å². The summed E-state index contributed by atoms with van der Waals surface area (Å²) in [7, 11) is 1.61. The summed E-state index contributed by atoms with van der Waals surface area (Å²) in [5.74, 6) is 1.23. The molecule has 0 aliphatic heterocycles. The van der Waals surface area contributed by atoms with Crippen molar-refractivity contribution in [2.24, 2.45) is 5.73 Å². The number of methoxy groups -OCH3 is 1. The molecule has 0 amide bonds. The first-order chi connectivity index (χ1) is 9.65. The molecule has 2 rings (SSSR count). The summed E-state index contributed by atoms with van der Waals surface area (Å²) in [4.78, 5) is 1.16. The van der Waals surface area contributed by atoms with Crippen molar-refractivity contribution in [2.45, 2.75) is 19.4 Å². The molecule has 0 aliphatic carbocycles. The van der Waals surface area contributed by atoms with Crippen molar-refractivity contribution in [3.05, 3.63) is 45.1 Å². The van der Waals surface area contributed by atoms with Crippen LogP contribution in [0.5, 0.6) is 11.5 Å². The lowest BCUT2D eigenvalue weighted by molar-refractivity contribution is 0.311. The van der Waals surface area contributed by atoms with Gasteiger partial charge in [0.2, 0.25) is 0 Å². The number of halogens is 1. The number of hydrogen-bond donors (Lipinski definition) is 1. The highest BCUT2D eigenvalue weighted by Gasteiger charge is 2.14. The van der Waals surface area contributed by atoms with Gasteiger partial charge in [0.25, 0.3) is 0 Å². The molecule has 1 unspecified atom stereocenters. The average molecular weight is 312 g/mol. The van der Waals surface area contributed by atoms with Crippen LogP contribution >= 0.6 is 22.9 Å². The van der Waals surface area contributed by atoms with E-state index in [-0.39, 0.29) is 6.04 Å². The van der Waals surface area contributed by atoms with Crippen LogP contribution in [0, 0.1) is 0 Å². The SMILES string of the molecule is CCOc1c(Cl)cc(CC(N)c2cccs2)cc1OC. The fourth-order valence-electron chi connectivity index (χ4n) is 2.03. The van der Waals surface area contributed by atoms with Gasteiger partial charge in [0, 0.05) is 10.9 Å². The Labute approximate surface area is 128 Å². The largest absolute Gasteiger partial charge is 0.493 e. The summed E-state index contributed by atoms with van der Waals surface area (Å²) in [6.45, 7) is 2.46. The first-order valence-electron chi connectivity index (χ1n) is 6.43. The topological polar surface area (TPSA) is 44.5 Å². The Bertz CT molecular complexity index is 557. The van der Waals surface area contributed by atoms with Gasteiger partial charge in [-0.25, -0.2) is 0 Å². The van der Waals surface area contributed by atoms with Gasteiger partial charge in [0.15, 0.2) is 11.5 Å². The molecule has 1 atom stereocenters. The molecule has 3 nitrogen and oxygen atoms in total. The van der Waals surface area contributed by atoms with Crippen molar-refractivity contribution < 1.29 is 9.47 Å². The smallest absolute Gasteiger partial charge is 0.179 e. The van der Waals surface area contributed by atoms with Crippen LogP contribution in [-0.2, 0) is 6.42 Å². The molecule has 0 saturated heterocycles. The molecule has 5 heteroatoms. The van der Waals surface area contributed by atoms with E-state index in [9.17, 15) is 0 Å². The highest BCUT2D eigenvalue weighted by atomic mass is 35.5. The van der Waals surface area contributed by atoms with Crippen molar-refractivity contribution >= 4 is 22.9 Å². The molecule has 0 fully saturated rings. The minimum absolute atomic E-state index is 0.0336.